The van der Waals surface area contributed by atoms with Crippen molar-refractivity contribution in [3.05, 3.63) is 29.3 Å². The molecule has 0 bridgehead atoms. The quantitative estimate of drug-likeness (QED) is 0.740. The minimum Gasteiger partial charge on any atom is -0.382 e. The van der Waals surface area contributed by atoms with Crippen molar-refractivity contribution in [1.29, 1.82) is 0 Å². The number of para-hydroxylation sites is 1. The molecule has 24 heavy (non-hydrogen) atoms. The van der Waals surface area contributed by atoms with Crippen LogP contribution in [0, 0.1) is 0 Å². The molecule has 0 saturated carbocycles. The Labute approximate surface area is 147 Å². The molecule has 0 unspecified atom stereocenters. The van der Waals surface area contributed by atoms with Gasteiger partial charge in [-0.3, -0.25) is 4.79 Å². The number of hydrogen-bond donors (Lipinski definition) is 2. The number of carbonyl (C=O) groups excluding carboxylic acids is 2. The predicted octanol–water partition coefficient (Wildman–Crippen LogP) is 2.88. The fraction of sp³-hybridized carbons (Fsp3) is 0.529. The minimum absolute atomic E-state index is 0.113. The molecular weight excluding hydrogens is 330 g/mol. The van der Waals surface area contributed by atoms with E-state index in [-0.39, 0.29) is 11.9 Å². The van der Waals surface area contributed by atoms with Gasteiger partial charge in [-0.15, -0.1) is 0 Å². The molecule has 1 aliphatic rings. The molecule has 2 rings (SSSR count). The van der Waals surface area contributed by atoms with Gasteiger partial charge in [-0.05, 0) is 38.3 Å². The van der Waals surface area contributed by atoms with Crippen molar-refractivity contribution in [1.82, 2.24) is 10.2 Å². The maximum absolute atomic E-state index is 12.5. The van der Waals surface area contributed by atoms with Gasteiger partial charge < -0.3 is 20.3 Å². The summed E-state index contributed by atoms with van der Waals surface area (Å²) in [6.07, 6.45) is 2.25. The number of amides is 3. The zero-order valence-electron chi connectivity index (χ0n) is 13.9. The van der Waals surface area contributed by atoms with Crippen LogP contribution < -0.4 is 10.6 Å². The minimum atomic E-state index is -0.431. The van der Waals surface area contributed by atoms with Crippen LogP contribution >= 0.6 is 11.6 Å². The molecule has 1 fully saturated rings. The average molecular weight is 354 g/mol. The van der Waals surface area contributed by atoms with E-state index in [0.29, 0.717) is 43.4 Å². The van der Waals surface area contributed by atoms with Crippen LogP contribution in [0.5, 0.6) is 0 Å². The zero-order valence-corrected chi connectivity index (χ0v) is 14.6. The van der Waals surface area contributed by atoms with Crippen molar-refractivity contribution in [2.45, 2.75) is 32.2 Å². The SMILES string of the molecule is CCOCCCNC(=O)[C@@H]1CCCN1C(=O)Nc1ccccc1Cl. The highest BCUT2D eigenvalue weighted by Gasteiger charge is 2.34. The van der Waals surface area contributed by atoms with Crippen LogP contribution in [0.4, 0.5) is 10.5 Å². The largest absolute Gasteiger partial charge is 0.382 e. The van der Waals surface area contributed by atoms with Gasteiger partial charge in [0.1, 0.15) is 6.04 Å². The molecular formula is C17H24ClN3O3. The number of benzene rings is 1. The van der Waals surface area contributed by atoms with Crippen molar-refractivity contribution in [3.8, 4) is 0 Å². The second-order valence-electron chi connectivity index (χ2n) is 5.60. The van der Waals surface area contributed by atoms with E-state index >= 15 is 0 Å². The first-order valence-corrected chi connectivity index (χ1v) is 8.69. The fourth-order valence-corrected chi connectivity index (χ4v) is 2.86. The number of halogens is 1. The molecule has 6 nitrogen and oxygen atoms in total. The van der Waals surface area contributed by atoms with Crippen molar-refractivity contribution < 1.29 is 14.3 Å². The van der Waals surface area contributed by atoms with Crippen LogP contribution in [0.2, 0.25) is 5.02 Å². The van der Waals surface area contributed by atoms with E-state index in [0.717, 1.165) is 12.8 Å². The van der Waals surface area contributed by atoms with Gasteiger partial charge in [0.25, 0.3) is 0 Å². The monoisotopic (exact) mass is 353 g/mol. The number of anilines is 1. The Hall–Kier alpha value is -1.79. The number of nitrogens with one attached hydrogen (secondary N) is 2. The number of ether oxygens (including phenoxy) is 1. The highest BCUT2D eigenvalue weighted by Crippen LogP contribution is 2.23. The lowest BCUT2D eigenvalue weighted by atomic mass is 10.2. The van der Waals surface area contributed by atoms with E-state index in [1.807, 2.05) is 6.92 Å². The molecule has 0 radical (unpaired) electrons. The molecule has 1 saturated heterocycles. The van der Waals surface area contributed by atoms with Crippen LogP contribution in [0.3, 0.4) is 0 Å². The van der Waals surface area contributed by atoms with Gasteiger partial charge in [-0.2, -0.15) is 0 Å². The Morgan fingerprint density at radius 1 is 1.38 bits per heavy atom. The van der Waals surface area contributed by atoms with E-state index in [4.69, 9.17) is 16.3 Å². The molecule has 7 heteroatoms. The van der Waals surface area contributed by atoms with E-state index < -0.39 is 6.04 Å². The van der Waals surface area contributed by atoms with Crippen LogP contribution in [-0.2, 0) is 9.53 Å². The topological polar surface area (TPSA) is 70.7 Å². The maximum atomic E-state index is 12.5. The van der Waals surface area contributed by atoms with E-state index in [2.05, 4.69) is 10.6 Å². The zero-order chi connectivity index (χ0) is 17.4. The average Bonchev–Trinajstić information content (AvgIpc) is 3.06. The molecule has 1 aromatic rings. The normalized spacial score (nSPS) is 16.9. The van der Waals surface area contributed by atoms with Gasteiger partial charge in [0, 0.05) is 26.3 Å². The molecule has 0 aliphatic carbocycles. The lowest BCUT2D eigenvalue weighted by molar-refractivity contribution is -0.124. The van der Waals surface area contributed by atoms with Gasteiger partial charge in [-0.1, -0.05) is 23.7 Å². The molecule has 1 aliphatic heterocycles. The number of nitrogens with zero attached hydrogens (tertiary/aromatic N) is 1. The first-order valence-electron chi connectivity index (χ1n) is 8.31. The number of likely N-dealkylation sites (tertiary alicyclic amines) is 1. The van der Waals surface area contributed by atoms with Crippen molar-refractivity contribution in [2.24, 2.45) is 0 Å². The molecule has 3 amide bonds. The summed E-state index contributed by atoms with van der Waals surface area (Å²) < 4.78 is 5.24. The van der Waals surface area contributed by atoms with Crippen molar-refractivity contribution in [2.75, 3.05) is 31.6 Å². The fourth-order valence-electron chi connectivity index (χ4n) is 2.68. The molecule has 132 valence electrons. The highest BCUT2D eigenvalue weighted by molar-refractivity contribution is 6.33. The molecule has 1 heterocycles. The number of urea groups is 1. The first-order chi connectivity index (χ1) is 11.6. The van der Waals surface area contributed by atoms with Gasteiger partial charge in [0.2, 0.25) is 5.91 Å². The van der Waals surface area contributed by atoms with E-state index in [9.17, 15) is 9.59 Å². The maximum Gasteiger partial charge on any atom is 0.322 e. The summed E-state index contributed by atoms with van der Waals surface area (Å²) in [6, 6.07) is 6.32. The Morgan fingerprint density at radius 2 is 2.17 bits per heavy atom. The van der Waals surface area contributed by atoms with Crippen molar-refractivity contribution in [3.63, 3.8) is 0 Å². The second-order valence-corrected chi connectivity index (χ2v) is 6.01. The van der Waals surface area contributed by atoms with Gasteiger partial charge >= 0.3 is 6.03 Å². The second kappa shape index (κ2) is 9.49. The number of carbonyl (C=O) groups is 2. The van der Waals surface area contributed by atoms with Crippen LogP contribution in [0.15, 0.2) is 24.3 Å². The van der Waals surface area contributed by atoms with Crippen LogP contribution in [0.1, 0.15) is 26.2 Å². The summed E-state index contributed by atoms with van der Waals surface area (Å²) in [5.41, 5.74) is 0.548. The molecule has 1 aromatic carbocycles. The summed E-state index contributed by atoms with van der Waals surface area (Å²) in [5.74, 6) is -0.113. The lowest BCUT2D eigenvalue weighted by Gasteiger charge is -2.24. The van der Waals surface area contributed by atoms with Crippen molar-refractivity contribution >= 4 is 29.2 Å². The van der Waals surface area contributed by atoms with Gasteiger partial charge in [0.05, 0.1) is 10.7 Å². The molecule has 2 N–H and O–H groups in total. The summed E-state index contributed by atoms with van der Waals surface area (Å²) in [4.78, 5) is 26.3. The third kappa shape index (κ3) is 5.11. The first kappa shape index (κ1) is 18.5. The number of rotatable bonds is 7. The third-order valence-electron chi connectivity index (χ3n) is 3.90. The van der Waals surface area contributed by atoms with Crippen LogP contribution in [0.25, 0.3) is 0 Å². The highest BCUT2D eigenvalue weighted by atomic mass is 35.5. The summed E-state index contributed by atoms with van der Waals surface area (Å²) in [5, 5.41) is 6.13. The standard InChI is InChI=1S/C17H24ClN3O3/c1-2-24-12-6-10-19-16(22)15-9-5-11-21(15)17(23)20-14-8-4-3-7-13(14)18/h3-4,7-8,15H,2,5-6,9-12H2,1H3,(H,19,22)(H,20,23)/t15-/m0/s1. The predicted molar refractivity (Wildman–Crippen MR) is 94.3 cm³/mol. The lowest BCUT2D eigenvalue weighted by Crippen LogP contribution is -2.47. The third-order valence-corrected chi connectivity index (χ3v) is 4.23. The summed E-state index contributed by atoms with van der Waals surface area (Å²) in [6.45, 7) is 4.35. The summed E-state index contributed by atoms with van der Waals surface area (Å²) >= 11 is 6.06. The Morgan fingerprint density at radius 3 is 2.92 bits per heavy atom. The Balaban J connectivity index is 1.86. The van der Waals surface area contributed by atoms with Crippen LogP contribution in [-0.4, -0.2) is 49.2 Å². The molecule has 0 aromatic heterocycles. The molecule has 1 atom stereocenters. The van der Waals surface area contributed by atoms with E-state index in [1.165, 1.54) is 0 Å². The van der Waals surface area contributed by atoms with Gasteiger partial charge in [0.15, 0.2) is 0 Å². The van der Waals surface area contributed by atoms with E-state index in [1.54, 1.807) is 29.2 Å². The Bertz CT molecular complexity index is 568. The molecule has 0 spiro atoms. The Kier molecular flexibility index (Phi) is 7.34. The van der Waals surface area contributed by atoms with Gasteiger partial charge in [-0.25, -0.2) is 4.79 Å². The summed E-state index contributed by atoms with van der Waals surface area (Å²) in [7, 11) is 0. The smallest absolute Gasteiger partial charge is 0.322 e. The number of hydrogen-bond acceptors (Lipinski definition) is 3.